The summed E-state index contributed by atoms with van der Waals surface area (Å²) in [6.45, 7) is 16.6. The normalized spacial score (nSPS) is 27.3. The van der Waals surface area contributed by atoms with Crippen LogP contribution >= 0.6 is 0 Å². The molecule has 0 atom stereocenters. The van der Waals surface area contributed by atoms with Gasteiger partial charge in [-0.25, -0.2) is 0 Å². The van der Waals surface area contributed by atoms with Gasteiger partial charge in [-0.05, 0) is 61.8 Å². The molecule has 2 heteroatoms. The molecule has 0 aromatic heterocycles. The van der Waals surface area contributed by atoms with E-state index in [4.69, 9.17) is 5.73 Å². The molecular weight excluding hydrogens is 256 g/mol. The molecule has 0 amide bonds. The standard InChI is InChI=1S/C19H38N2/c1-15(2)9-10-21(16-7-8-16)19(14-20)12-17(3,4)11-18(5,6)13-19/h15-16H,7-14,20H2,1-6H3. The minimum absolute atomic E-state index is 0.237. The van der Waals surface area contributed by atoms with Gasteiger partial charge < -0.3 is 5.73 Å². The van der Waals surface area contributed by atoms with Crippen LogP contribution in [0.3, 0.4) is 0 Å². The van der Waals surface area contributed by atoms with E-state index in [2.05, 4.69) is 46.4 Å². The number of nitrogens with two attached hydrogens (primary N) is 1. The van der Waals surface area contributed by atoms with Gasteiger partial charge in [0.25, 0.3) is 0 Å². The van der Waals surface area contributed by atoms with Gasteiger partial charge in [0.2, 0.25) is 0 Å². The summed E-state index contributed by atoms with van der Waals surface area (Å²) in [5.74, 6) is 0.783. The molecule has 124 valence electrons. The third kappa shape index (κ3) is 4.22. The van der Waals surface area contributed by atoms with Gasteiger partial charge in [-0.1, -0.05) is 41.5 Å². The van der Waals surface area contributed by atoms with Gasteiger partial charge in [0.15, 0.2) is 0 Å². The van der Waals surface area contributed by atoms with Crippen molar-refractivity contribution in [2.45, 2.75) is 91.6 Å². The van der Waals surface area contributed by atoms with E-state index in [0.717, 1.165) is 18.5 Å². The van der Waals surface area contributed by atoms with Crippen LogP contribution in [-0.4, -0.2) is 29.6 Å². The summed E-state index contributed by atoms with van der Waals surface area (Å²) in [5.41, 5.74) is 7.47. The highest BCUT2D eigenvalue weighted by Crippen LogP contribution is 2.53. The van der Waals surface area contributed by atoms with Crippen LogP contribution in [0.25, 0.3) is 0 Å². The van der Waals surface area contributed by atoms with E-state index in [1.54, 1.807) is 0 Å². The highest BCUT2D eigenvalue weighted by molar-refractivity contribution is 5.07. The molecule has 2 aliphatic rings. The van der Waals surface area contributed by atoms with Crippen molar-refractivity contribution in [1.29, 1.82) is 0 Å². The Hall–Kier alpha value is -0.0800. The lowest BCUT2D eigenvalue weighted by atomic mass is 9.57. The zero-order valence-electron chi connectivity index (χ0n) is 15.3. The minimum atomic E-state index is 0.237. The van der Waals surface area contributed by atoms with Crippen LogP contribution in [0.5, 0.6) is 0 Å². The fraction of sp³-hybridized carbons (Fsp3) is 1.00. The zero-order valence-corrected chi connectivity index (χ0v) is 15.3. The molecule has 2 aliphatic carbocycles. The van der Waals surface area contributed by atoms with Gasteiger partial charge in [-0.2, -0.15) is 0 Å². The molecular formula is C19H38N2. The van der Waals surface area contributed by atoms with E-state index in [1.165, 1.54) is 45.1 Å². The van der Waals surface area contributed by atoms with Crippen LogP contribution in [0.15, 0.2) is 0 Å². The first-order valence-corrected chi connectivity index (χ1v) is 9.06. The van der Waals surface area contributed by atoms with Gasteiger partial charge in [0, 0.05) is 18.1 Å². The van der Waals surface area contributed by atoms with Gasteiger partial charge in [-0.3, -0.25) is 4.90 Å². The third-order valence-electron chi connectivity index (χ3n) is 5.50. The lowest BCUT2D eigenvalue weighted by Crippen LogP contribution is -2.61. The molecule has 0 bridgehead atoms. The second kappa shape index (κ2) is 5.85. The zero-order chi connectivity index (χ0) is 15.9. The summed E-state index contributed by atoms with van der Waals surface area (Å²) in [5, 5.41) is 0. The van der Waals surface area contributed by atoms with Crippen molar-refractivity contribution in [2.24, 2.45) is 22.5 Å². The first-order chi connectivity index (χ1) is 9.59. The molecule has 2 N–H and O–H groups in total. The summed E-state index contributed by atoms with van der Waals surface area (Å²) in [6, 6.07) is 0.817. The predicted molar refractivity (Wildman–Crippen MR) is 92.4 cm³/mol. The maximum atomic E-state index is 6.41. The Kier molecular flexibility index (Phi) is 4.81. The molecule has 2 saturated carbocycles. The topological polar surface area (TPSA) is 29.3 Å². The highest BCUT2D eigenvalue weighted by Gasteiger charge is 2.52. The second-order valence-electron chi connectivity index (χ2n) is 9.89. The quantitative estimate of drug-likeness (QED) is 0.785. The van der Waals surface area contributed by atoms with Crippen LogP contribution in [-0.2, 0) is 0 Å². The average molecular weight is 295 g/mol. The van der Waals surface area contributed by atoms with Crippen LogP contribution < -0.4 is 5.73 Å². The Morgan fingerprint density at radius 2 is 1.52 bits per heavy atom. The summed E-state index contributed by atoms with van der Waals surface area (Å²) in [7, 11) is 0. The Morgan fingerprint density at radius 3 is 1.90 bits per heavy atom. The van der Waals surface area contributed by atoms with E-state index in [-0.39, 0.29) is 5.54 Å². The smallest absolute Gasteiger partial charge is 0.0344 e. The van der Waals surface area contributed by atoms with Crippen LogP contribution in [0, 0.1) is 16.7 Å². The van der Waals surface area contributed by atoms with Crippen molar-refractivity contribution in [3.05, 3.63) is 0 Å². The highest BCUT2D eigenvalue weighted by atomic mass is 15.3. The summed E-state index contributed by atoms with van der Waals surface area (Å²) >= 11 is 0. The van der Waals surface area contributed by atoms with Crippen molar-refractivity contribution in [3.8, 4) is 0 Å². The minimum Gasteiger partial charge on any atom is -0.329 e. The van der Waals surface area contributed by atoms with Gasteiger partial charge >= 0.3 is 0 Å². The van der Waals surface area contributed by atoms with E-state index in [1.807, 2.05) is 0 Å². The fourth-order valence-corrected chi connectivity index (χ4v) is 5.32. The van der Waals surface area contributed by atoms with Gasteiger partial charge in [-0.15, -0.1) is 0 Å². The molecule has 2 nitrogen and oxygen atoms in total. The maximum absolute atomic E-state index is 6.41. The molecule has 0 aromatic rings. The van der Waals surface area contributed by atoms with E-state index in [9.17, 15) is 0 Å². The lowest BCUT2D eigenvalue weighted by Gasteiger charge is -2.56. The molecule has 0 radical (unpaired) electrons. The first kappa shape index (κ1) is 17.3. The van der Waals surface area contributed by atoms with Crippen molar-refractivity contribution >= 4 is 0 Å². The lowest BCUT2D eigenvalue weighted by molar-refractivity contribution is -0.0494. The van der Waals surface area contributed by atoms with Crippen molar-refractivity contribution in [2.75, 3.05) is 13.1 Å². The monoisotopic (exact) mass is 294 g/mol. The number of hydrogen-bond acceptors (Lipinski definition) is 2. The van der Waals surface area contributed by atoms with E-state index >= 15 is 0 Å². The Labute approximate surface area is 132 Å². The fourth-order valence-electron chi connectivity index (χ4n) is 5.32. The molecule has 0 unspecified atom stereocenters. The second-order valence-corrected chi connectivity index (χ2v) is 9.89. The Balaban J connectivity index is 2.24. The van der Waals surface area contributed by atoms with Crippen LogP contribution in [0.1, 0.15) is 80.1 Å². The SMILES string of the molecule is CC(C)CCN(C1CC1)C1(CN)CC(C)(C)CC(C)(C)C1. The molecule has 0 spiro atoms. The average Bonchev–Trinajstić information content (AvgIpc) is 3.08. The molecule has 0 heterocycles. The molecule has 21 heavy (non-hydrogen) atoms. The summed E-state index contributed by atoms with van der Waals surface area (Å²) < 4.78 is 0. The number of rotatable bonds is 6. The van der Waals surface area contributed by atoms with Crippen LogP contribution in [0.4, 0.5) is 0 Å². The van der Waals surface area contributed by atoms with E-state index in [0.29, 0.717) is 10.8 Å². The molecule has 0 saturated heterocycles. The number of nitrogens with zero attached hydrogens (tertiary/aromatic N) is 1. The molecule has 2 fully saturated rings. The maximum Gasteiger partial charge on any atom is 0.0344 e. The Bertz CT molecular complexity index is 337. The molecule has 0 aliphatic heterocycles. The largest absolute Gasteiger partial charge is 0.329 e. The van der Waals surface area contributed by atoms with Crippen molar-refractivity contribution < 1.29 is 0 Å². The predicted octanol–water partition coefficient (Wildman–Crippen LogP) is 4.43. The first-order valence-electron chi connectivity index (χ1n) is 9.06. The third-order valence-corrected chi connectivity index (χ3v) is 5.50. The van der Waals surface area contributed by atoms with Gasteiger partial charge in [0.1, 0.15) is 0 Å². The molecule has 0 aromatic carbocycles. The summed E-state index contributed by atoms with van der Waals surface area (Å²) in [4.78, 5) is 2.84. The van der Waals surface area contributed by atoms with E-state index < -0.39 is 0 Å². The van der Waals surface area contributed by atoms with Crippen molar-refractivity contribution in [1.82, 2.24) is 4.90 Å². The Morgan fingerprint density at radius 1 is 1.00 bits per heavy atom. The molecule has 2 rings (SSSR count). The van der Waals surface area contributed by atoms with Gasteiger partial charge in [0.05, 0.1) is 0 Å². The van der Waals surface area contributed by atoms with Crippen molar-refractivity contribution in [3.63, 3.8) is 0 Å². The number of hydrogen-bond donors (Lipinski definition) is 1. The summed E-state index contributed by atoms with van der Waals surface area (Å²) in [6.07, 6.45) is 7.95. The van der Waals surface area contributed by atoms with Crippen LogP contribution in [0.2, 0.25) is 0 Å².